The van der Waals surface area contributed by atoms with Gasteiger partial charge in [0.2, 0.25) is 5.91 Å². The minimum absolute atomic E-state index is 0.0240. The summed E-state index contributed by atoms with van der Waals surface area (Å²) in [5.74, 6) is -0.0240. The maximum atomic E-state index is 11.9. The number of hydrogen-bond donors (Lipinski definition) is 1. The number of carbonyl (C=O) groups excluding carboxylic acids is 1. The van der Waals surface area contributed by atoms with Crippen molar-refractivity contribution in [2.45, 2.75) is 38.6 Å². The van der Waals surface area contributed by atoms with Crippen LogP contribution in [0.1, 0.15) is 32.8 Å². The second-order valence-corrected chi connectivity index (χ2v) is 7.57. The highest BCUT2D eigenvalue weighted by Crippen LogP contribution is 2.20. The Hall–Kier alpha value is -1.07. The van der Waals surface area contributed by atoms with Crippen molar-refractivity contribution in [3.8, 4) is 0 Å². The van der Waals surface area contributed by atoms with Crippen LogP contribution in [0.2, 0.25) is 0 Å². The van der Waals surface area contributed by atoms with E-state index in [1.54, 1.807) is 12.1 Å². The highest BCUT2D eigenvalue weighted by molar-refractivity contribution is 8.13. The molecule has 0 bridgehead atoms. The zero-order chi connectivity index (χ0) is 14.7. The Labute approximate surface area is 118 Å². The first kappa shape index (κ1) is 16.0. The number of rotatable bonds is 5. The SMILES string of the molecule is CCC(C)(C)C(=O)NCc1ccc(S(=O)(=O)Cl)cc1. The summed E-state index contributed by atoms with van der Waals surface area (Å²) in [4.78, 5) is 11.9. The van der Waals surface area contributed by atoms with Crippen LogP contribution in [0, 0.1) is 5.41 Å². The molecular weight excluding hydrogens is 286 g/mol. The minimum Gasteiger partial charge on any atom is -0.352 e. The van der Waals surface area contributed by atoms with Gasteiger partial charge >= 0.3 is 0 Å². The number of amides is 1. The highest BCUT2D eigenvalue weighted by Gasteiger charge is 2.24. The summed E-state index contributed by atoms with van der Waals surface area (Å²) in [5.41, 5.74) is 0.420. The standard InChI is InChI=1S/C13H18ClNO3S/c1-4-13(2,3)12(16)15-9-10-5-7-11(8-6-10)19(14,17)18/h5-8H,4,9H2,1-3H3,(H,15,16). The van der Waals surface area contributed by atoms with Crippen LogP contribution in [0.15, 0.2) is 29.2 Å². The van der Waals surface area contributed by atoms with E-state index in [2.05, 4.69) is 5.32 Å². The Morgan fingerprint density at radius 1 is 1.26 bits per heavy atom. The molecule has 1 rings (SSSR count). The smallest absolute Gasteiger partial charge is 0.261 e. The number of carbonyl (C=O) groups is 1. The van der Waals surface area contributed by atoms with Crippen LogP contribution < -0.4 is 5.32 Å². The van der Waals surface area contributed by atoms with Gasteiger partial charge in [-0.25, -0.2) is 8.42 Å². The Balaban J connectivity index is 2.68. The zero-order valence-corrected chi connectivity index (χ0v) is 12.8. The Morgan fingerprint density at radius 2 is 1.79 bits per heavy atom. The molecule has 0 unspecified atom stereocenters. The lowest BCUT2D eigenvalue weighted by molar-refractivity contribution is -0.129. The fourth-order valence-corrected chi connectivity index (χ4v) is 2.12. The van der Waals surface area contributed by atoms with E-state index in [9.17, 15) is 13.2 Å². The van der Waals surface area contributed by atoms with Crippen molar-refractivity contribution in [1.29, 1.82) is 0 Å². The van der Waals surface area contributed by atoms with Gasteiger partial charge in [-0.2, -0.15) is 0 Å². The summed E-state index contributed by atoms with van der Waals surface area (Å²) in [6.07, 6.45) is 0.752. The Kier molecular flexibility index (Phi) is 4.98. The van der Waals surface area contributed by atoms with E-state index in [4.69, 9.17) is 10.7 Å². The normalized spacial score (nSPS) is 12.2. The van der Waals surface area contributed by atoms with Gasteiger partial charge in [-0.1, -0.05) is 32.9 Å². The second-order valence-electron chi connectivity index (χ2n) is 5.00. The molecule has 1 N–H and O–H groups in total. The number of halogens is 1. The lowest BCUT2D eigenvalue weighted by Gasteiger charge is -2.21. The molecule has 0 saturated carbocycles. The molecule has 0 fully saturated rings. The fraction of sp³-hybridized carbons (Fsp3) is 0.462. The van der Waals surface area contributed by atoms with Crippen LogP contribution in [-0.4, -0.2) is 14.3 Å². The lowest BCUT2D eigenvalue weighted by atomic mass is 9.89. The molecule has 6 heteroatoms. The molecule has 0 heterocycles. The van der Waals surface area contributed by atoms with Crippen LogP contribution in [0.5, 0.6) is 0 Å². The van der Waals surface area contributed by atoms with Gasteiger partial charge in [0.25, 0.3) is 9.05 Å². The van der Waals surface area contributed by atoms with E-state index in [-0.39, 0.29) is 10.8 Å². The topological polar surface area (TPSA) is 63.2 Å². The largest absolute Gasteiger partial charge is 0.352 e. The van der Waals surface area contributed by atoms with E-state index in [0.717, 1.165) is 12.0 Å². The Bertz CT molecular complexity index is 550. The van der Waals surface area contributed by atoms with Crippen molar-refractivity contribution in [1.82, 2.24) is 5.32 Å². The third-order valence-electron chi connectivity index (χ3n) is 3.16. The first-order valence-corrected chi connectivity index (χ1v) is 8.29. The molecule has 0 atom stereocenters. The van der Waals surface area contributed by atoms with Crippen LogP contribution in [0.3, 0.4) is 0 Å². The maximum Gasteiger partial charge on any atom is 0.261 e. The van der Waals surface area contributed by atoms with Crippen molar-refractivity contribution in [2.75, 3.05) is 0 Å². The van der Waals surface area contributed by atoms with Gasteiger partial charge < -0.3 is 5.32 Å². The van der Waals surface area contributed by atoms with Gasteiger partial charge in [-0.3, -0.25) is 4.79 Å². The predicted molar refractivity (Wildman–Crippen MR) is 75.4 cm³/mol. The van der Waals surface area contributed by atoms with Gasteiger partial charge in [0.05, 0.1) is 4.90 Å². The molecule has 0 aromatic heterocycles. The van der Waals surface area contributed by atoms with Crippen molar-refractivity contribution in [3.05, 3.63) is 29.8 Å². The van der Waals surface area contributed by atoms with E-state index in [1.165, 1.54) is 12.1 Å². The van der Waals surface area contributed by atoms with Gasteiger partial charge in [0, 0.05) is 22.6 Å². The molecule has 0 spiro atoms. The average Bonchev–Trinajstić information content (AvgIpc) is 2.35. The Morgan fingerprint density at radius 3 is 2.21 bits per heavy atom. The minimum atomic E-state index is -3.69. The van der Waals surface area contributed by atoms with E-state index in [0.29, 0.717) is 6.54 Å². The molecule has 4 nitrogen and oxygen atoms in total. The van der Waals surface area contributed by atoms with Crippen molar-refractivity contribution >= 4 is 25.6 Å². The number of nitrogens with one attached hydrogen (secondary N) is 1. The molecule has 1 aromatic carbocycles. The summed E-state index contributed by atoms with van der Waals surface area (Å²) in [7, 11) is 1.53. The number of benzene rings is 1. The van der Waals surface area contributed by atoms with Crippen LogP contribution in [0.4, 0.5) is 0 Å². The molecule has 19 heavy (non-hydrogen) atoms. The fourth-order valence-electron chi connectivity index (χ4n) is 1.35. The third-order valence-corrected chi connectivity index (χ3v) is 4.53. The van der Waals surface area contributed by atoms with Crippen molar-refractivity contribution < 1.29 is 13.2 Å². The molecule has 0 saturated heterocycles. The van der Waals surface area contributed by atoms with Gasteiger partial charge in [-0.05, 0) is 24.1 Å². The van der Waals surface area contributed by atoms with Crippen molar-refractivity contribution in [2.24, 2.45) is 5.41 Å². The van der Waals surface area contributed by atoms with E-state index >= 15 is 0 Å². The summed E-state index contributed by atoms with van der Waals surface area (Å²) in [5, 5.41) is 2.83. The predicted octanol–water partition coefficient (Wildman–Crippen LogP) is 2.67. The summed E-state index contributed by atoms with van der Waals surface area (Å²) < 4.78 is 22.2. The summed E-state index contributed by atoms with van der Waals surface area (Å²) in [6, 6.07) is 6.12. The van der Waals surface area contributed by atoms with Crippen LogP contribution in [0.25, 0.3) is 0 Å². The highest BCUT2D eigenvalue weighted by atomic mass is 35.7. The van der Waals surface area contributed by atoms with Gasteiger partial charge in [-0.15, -0.1) is 0 Å². The van der Waals surface area contributed by atoms with E-state index < -0.39 is 14.5 Å². The molecule has 106 valence electrons. The molecule has 0 radical (unpaired) electrons. The molecule has 0 aliphatic carbocycles. The van der Waals surface area contributed by atoms with E-state index in [1.807, 2.05) is 20.8 Å². The zero-order valence-electron chi connectivity index (χ0n) is 11.2. The van der Waals surface area contributed by atoms with Crippen molar-refractivity contribution in [3.63, 3.8) is 0 Å². The quantitative estimate of drug-likeness (QED) is 0.851. The molecule has 0 aliphatic heterocycles. The summed E-state index contributed by atoms with van der Waals surface area (Å²) in [6.45, 7) is 6.08. The average molecular weight is 304 g/mol. The van der Waals surface area contributed by atoms with Crippen LogP contribution in [-0.2, 0) is 20.4 Å². The first-order chi connectivity index (χ1) is 8.66. The number of hydrogen-bond acceptors (Lipinski definition) is 3. The summed E-state index contributed by atoms with van der Waals surface area (Å²) >= 11 is 0. The maximum absolute atomic E-state index is 11.9. The van der Waals surface area contributed by atoms with Gasteiger partial charge in [0.1, 0.15) is 0 Å². The van der Waals surface area contributed by atoms with Crippen LogP contribution >= 0.6 is 10.7 Å². The monoisotopic (exact) mass is 303 g/mol. The lowest BCUT2D eigenvalue weighted by Crippen LogP contribution is -2.35. The second kappa shape index (κ2) is 5.92. The molecular formula is C13H18ClNO3S. The first-order valence-electron chi connectivity index (χ1n) is 5.99. The molecule has 1 aromatic rings. The van der Waals surface area contributed by atoms with Gasteiger partial charge in [0.15, 0.2) is 0 Å². The third kappa shape index (κ3) is 4.51. The molecule has 0 aliphatic rings. The molecule has 1 amide bonds.